The summed E-state index contributed by atoms with van der Waals surface area (Å²) in [5.74, 6) is 0.728. The summed E-state index contributed by atoms with van der Waals surface area (Å²) in [6.45, 7) is 6.46. The highest BCUT2D eigenvalue weighted by molar-refractivity contribution is 6.06. The molecule has 2 rings (SSSR count). The zero-order valence-electron chi connectivity index (χ0n) is 14.3. The van der Waals surface area contributed by atoms with Crippen LogP contribution in [0.4, 0.5) is 5.69 Å². The molecule has 4 nitrogen and oxygen atoms in total. The highest BCUT2D eigenvalue weighted by atomic mass is 16.5. The first-order valence-corrected chi connectivity index (χ1v) is 7.49. The second kappa shape index (κ2) is 6.73. The molecule has 2 aromatic carbocycles. The van der Waals surface area contributed by atoms with Gasteiger partial charge in [0.05, 0.1) is 19.8 Å². The van der Waals surface area contributed by atoms with Crippen molar-refractivity contribution in [1.82, 2.24) is 0 Å². The van der Waals surface area contributed by atoms with Crippen molar-refractivity contribution >= 4 is 11.6 Å². The van der Waals surface area contributed by atoms with Crippen LogP contribution < -0.4 is 14.8 Å². The van der Waals surface area contributed by atoms with Crippen LogP contribution in [0.2, 0.25) is 0 Å². The molecule has 4 heteroatoms. The second-order valence-corrected chi connectivity index (χ2v) is 6.32. The van der Waals surface area contributed by atoms with Crippen molar-refractivity contribution in [2.45, 2.75) is 26.2 Å². The van der Waals surface area contributed by atoms with Crippen LogP contribution in [0.3, 0.4) is 0 Å². The number of nitrogens with one attached hydrogen (secondary N) is 1. The largest absolute Gasteiger partial charge is 0.493 e. The maximum absolute atomic E-state index is 12.5. The van der Waals surface area contributed by atoms with Crippen LogP contribution in [-0.2, 0) is 5.41 Å². The van der Waals surface area contributed by atoms with Gasteiger partial charge in [-0.3, -0.25) is 4.79 Å². The van der Waals surface area contributed by atoms with E-state index in [1.807, 2.05) is 24.3 Å². The molecule has 0 aromatic heterocycles. The average Bonchev–Trinajstić information content (AvgIpc) is 2.53. The molecule has 0 bridgehead atoms. The lowest BCUT2D eigenvalue weighted by molar-refractivity contribution is 0.102. The Morgan fingerprint density at radius 1 is 0.957 bits per heavy atom. The van der Waals surface area contributed by atoms with Gasteiger partial charge in [-0.1, -0.05) is 39.0 Å². The van der Waals surface area contributed by atoms with Crippen LogP contribution >= 0.6 is 0 Å². The number of rotatable bonds is 4. The molecule has 0 fully saturated rings. The molecule has 23 heavy (non-hydrogen) atoms. The van der Waals surface area contributed by atoms with Gasteiger partial charge in [-0.05, 0) is 35.2 Å². The maximum Gasteiger partial charge on any atom is 0.259 e. The quantitative estimate of drug-likeness (QED) is 0.917. The third-order valence-electron chi connectivity index (χ3n) is 3.66. The number of para-hydroxylation sites is 1. The standard InChI is InChI=1S/C19H23NO3/c1-19(2,3)13-9-11-14(12-10-13)20-18(21)15-7-6-8-16(22-4)17(15)23-5/h6-12H,1-5H3,(H,20,21). The van der Waals surface area contributed by atoms with E-state index < -0.39 is 0 Å². The molecule has 0 radical (unpaired) electrons. The van der Waals surface area contributed by atoms with Crippen molar-refractivity contribution in [3.8, 4) is 11.5 Å². The summed E-state index contributed by atoms with van der Waals surface area (Å²) in [4.78, 5) is 12.5. The molecular formula is C19H23NO3. The first kappa shape index (κ1) is 16.9. The predicted molar refractivity (Wildman–Crippen MR) is 92.6 cm³/mol. The molecule has 0 saturated heterocycles. The van der Waals surface area contributed by atoms with Crippen molar-refractivity contribution in [1.29, 1.82) is 0 Å². The zero-order chi connectivity index (χ0) is 17.0. The Balaban J connectivity index is 2.23. The summed E-state index contributed by atoms with van der Waals surface area (Å²) < 4.78 is 10.5. The number of hydrogen-bond donors (Lipinski definition) is 1. The van der Waals surface area contributed by atoms with Gasteiger partial charge in [0.1, 0.15) is 0 Å². The Bertz CT molecular complexity index is 685. The maximum atomic E-state index is 12.5. The minimum Gasteiger partial charge on any atom is -0.493 e. The van der Waals surface area contributed by atoms with Gasteiger partial charge in [-0.25, -0.2) is 0 Å². The Hall–Kier alpha value is -2.49. The lowest BCUT2D eigenvalue weighted by Gasteiger charge is -2.19. The molecule has 1 N–H and O–H groups in total. The summed E-state index contributed by atoms with van der Waals surface area (Å²) >= 11 is 0. The number of carbonyl (C=O) groups is 1. The fraction of sp³-hybridized carbons (Fsp3) is 0.316. The minimum absolute atomic E-state index is 0.0819. The minimum atomic E-state index is -0.232. The summed E-state index contributed by atoms with van der Waals surface area (Å²) in [6, 6.07) is 13.1. The Morgan fingerprint density at radius 2 is 1.61 bits per heavy atom. The van der Waals surface area contributed by atoms with Crippen LogP contribution in [0.5, 0.6) is 11.5 Å². The smallest absolute Gasteiger partial charge is 0.259 e. The molecule has 0 aliphatic carbocycles. The molecule has 0 heterocycles. The molecule has 0 atom stereocenters. The van der Waals surface area contributed by atoms with E-state index in [1.54, 1.807) is 25.3 Å². The molecule has 122 valence electrons. The molecule has 0 aliphatic rings. The topological polar surface area (TPSA) is 47.6 Å². The van der Waals surface area contributed by atoms with E-state index in [2.05, 4.69) is 26.1 Å². The van der Waals surface area contributed by atoms with E-state index in [4.69, 9.17) is 9.47 Å². The monoisotopic (exact) mass is 313 g/mol. The lowest BCUT2D eigenvalue weighted by atomic mass is 9.87. The number of ether oxygens (including phenoxy) is 2. The first-order valence-electron chi connectivity index (χ1n) is 7.49. The third kappa shape index (κ3) is 3.83. The number of benzene rings is 2. The SMILES string of the molecule is COc1cccc(C(=O)Nc2ccc(C(C)(C)C)cc2)c1OC. The summed E-state index contributed by atoms with van der Waals surface area (Å²) in [5, 5.41) is 2.89. The Morgan fingerprint density at radius 3 is 2.13 bits per heavy atom. The van der Waals surface area contributed by atoms with Gasteiger partial charge >= 0.3 is 0 Å². The fourth-order valence-electron chi connectivity index (χ4n) is 2.32. The van der Waals surface area contributed by atoms with Crippen LogP contribution in [0.1, 0.15) is 36.7 Å². The Labute approximate surface area is 137 Å². The summed E-state index contributed by atoms with van der Waals surface area (Å²) in [6.07, 6.45) is 0. The van der Waals surface area contributed by atoms with Gasteiger partial charge < -0.3 is 14.8 Å². The molecular weight excluding hydrogens is 290 g/mol. The number of hydrogen-bond acceptors (Lipinski definition) is 3. The number of amides is 1. The molecule has 0 unspecified atom stereocenters. The van der Waals surface area contributed by atoms with Crippen LogP contribution in [0, 0.1) is 0 Å². The van der Waals surface area contributed by atoms with Crippen LogP contribution in [-0.4, -0.2) is 20.1 Å². The Kier molecular flexibility index (Phi) is 4.94. The van der Waals surface area contributed by atoms with Crippen molar-refractivity contribution in [3.05, 3.63) is 53.6 Å². The lowest BCUT2D eigenvalue weighted by Crippen LogP contribution is -2.14. The second-order valence-electron chi connectivity index (χ2n) is 6.32. The van der Waals surface area contributed by atoms with Gasteiger partial charge in [-0.2, -0.15) is 0 Å². The van der Waals surface area contributed by atoms with Crippen LogP contribution in [0.25, 0.3) is 0 Å². The van der Waals surface area contributed by atoms with Gasteiger partial charge in [-0.15, -0.1) is 0 Å². The van der Waals surface area contributed by atoms with Crippen molar-refractivity contribution in [2.75, 3.05) is 19.5 Å². The number of anilines is 1. The first-order chi connectivity index (χ1) is 10.9. The van der Waals surface area contributed by atoms with Crippen molar-refractivity contribution < 1.29 is 14.3 Å². The van der Waals surface area contributed by atoms with E-state index >= 15 is 0 Å². The van der Waals surface area contributed by atoms with E-state index in [1.165, 1.54) is 12.7 Å². The van der Waals surface area contributed by atoms with Crippen LogP contribution in [0.15, 0.2) is 42.5 Å². The predicted octanol–water partition coefficient (Wildman–Crippen LogP) is 4.25. The van der Waals surface area contributed by atoms with Crippen molar-refractivity contribution in [2.24, 2.45) is 0 Å². The van der Waals surface area contributed by atoms with Gasteiger partial charge in [0, 0.05) is 5.69 Å². The number of methoxy groups -OCH3 is 2. The normalized spacial score (nSPS) is 11.0. The highest BCUT2D eigenvalue weighted by Gasteiger charge is 2.17. The van der Waals surface area contributed by atoms with E-state index in [-0.39, 0.29) is 11.3 Å². The summed E-state index contributed by atoms with van der Waals surface area (Å²) in [7, 11) is 3.07. The van der Waals surface area contributed by atoms with Gasteiger partial charge in [0.2, 0.25) is 0 Å². The van der Waals surface area contributed by atoms with E-state index in [0.717, 1.165) is 5.69 Å². The van der Waals surface area contributed by atoms with Crippen molar-refractivity contribution in [3.63, 3.8) is 0 Å². The average molecular weight is 313 g/mol. The number of carbonyl (C=O) groups excluding carboxylic acids is 1. The molecule has 0 saturated carbocycles. The summed E-state index contributed by atoms with van der Waals surface area (Å²) in [5.41, 5.74) is 2.48. The third-order valence-corrected chi connectivity index (χ3v) is 3.66. The van der Waals surface area contributed by atoms with Gasteiger partial charge in [0.25, 0.3) is 5.91 Å². The van der Waals surface area contributed by atoms with Gasteiger partial charge in [0.15, 0.2) is 11.5 Å². The zero-order valence-corrected chi connectivity index (χ0v) is 14.3. The molecule has 0 spiro atoms. The highest BCUT2D eigenvalue weighted by Crippen LogP contribution is 2.31. The van der Waals surface area contributed by atoms with E-state index in [9.17, 15) is 4.79 Å². The fourth-order valence-corrected chi connectivity index (χ4v) is 2.32. The molecule has 0 aliphatic heterocycles. The molecule has 2 aromatic rings. The van der Waals surface area contributed by atoms with E-state index in [0.29, 0.717) is 17.1 Å². The molecule has 1 amide bonds.